The van der Waals surface area contributed by atoms with Gasteiger partial charge in [-0.2, -0.15) is 0 Å². The highest BCUT2D eigenvalue weighted by Crippen LogP contribution is 2.27. The molecule has 2 fully saturated rings. The summed E-state index contributed by atoms with van der Waals surface area (Å²) in [4.78, 5) is 36.6. The maximum atomic E-state index is 12.1. The van der Waals surface area contributed by atoms with Crippen LogP contribution in [0.1, 0.15) is 32.1 Å². The Bertz CT molecular complexity index is 350. The lowest BCUT2D eigenvalue weighted by Gasteiger charge is -2.33. The van der Waals surface area contributed by atoms with Crippen molar-refractivity contribution < 1.29 is 14.4 Å². The molecule has 6 heteroatoms. The molecule has 0 aromatic carbocycles. The minimum atomic E-state index is -0.793. The van der Waals surface area contributed by atoms with Crippen molar-refractivity contribution in [1.82, 2.24) is 10.2 Å². The number of nitrogens with two attached hydrogens (primary N) is 1. The third kappa shape index (κ3) is 2.17. The molecule has 0 aromatic rings. The lowest BCUT2D eigenvalue weighted by atomic mass is 9.99. The zero-order chi connectivity index (χ0) is 12.4. The maximum Gasteiger partial charge on any atom is 0.331 e. The Morgan fingerprint density at radius 2 is 1.88 bits per heavy atom. The Morgan fingerprint density at radius 3 is 2.47 bits per heavy atom. The number of rotatable bonds is 3. The molecule has 0 radical (unpaired) electrons. The van der Waals surface area contributed by atoms with Crippen molar-refractivity contribution in [3.05, 3.63) is 0 Å². The van der Waals surface area contributed by atoms with Gasteiger partial charge in [-0.25, -0.2) is 4.79 Å². The fourth-order valence-corrected chi connectivity index (χ4v) is 2.56. The van der Waals surface area contributed by atoms with Gasteiger partial charge in [0.1, 0.15) is 5.92 Å². The number of carbonyl (C=O) groups excluding carboxylic acids is 3. The van der Waals surface area contributed by atoms with E-state index in [0.29, 0.717) is 6.42 Å². The lowest BCUT2D eigenvalue weighted by molar-refractivity contribution is -0.144. The third-order valence-corrected chi connectivity index (χ3v) is 3.45. The van der Waals surface area contributed by atoms with Gasteiger partial charge in [0.05, 0.1) is 0 Å². The van der Waals surface area contributed by atoms with E-state index < -0.39 is 17.9 Å². The van der Waals surface area contributed by atoms with Crippen LogP contribution in [0.2, 0.25) is 0 Å². The van der Waals surface area contributed by atoms with Gasteiger partial charge in [-0.05, 0) is 25.8 Å². The minimum Gasteiger partial charge on any atom is -0.330 e. The molecule has 6 nitrogen and oxygen atoms in total. The monoisotopic (exact) mass is 239 g/mol. The Labute approximate surface area is 99.5 Å². The van der Waals surface area contributed by atoms with Gasteiger partial charge in [0, 0.05) is 6.04 Å². The number of carbonyl (C=O) groups is 3. The van der Waals surface area contributed by atoms with E-state index in [2.05, 4.69) is 5.32 Å². The van der Waals surface area contributed by atoms with Crippen LogP contribution in [0.25, 0.3) is 0 Å². The summed E-state index contributed by atoms with van der Waals surface area (Å²) in [5.74, 6) is -1.69. The number of barbiturate groups is 1. The number of nitrogens with one attached hydrogen (secondary N) is 1. The van der Waals surface area contributed by atoms with Crippen LogP contribution in [-0.2, 0) is 9.59 Å². The maximum absolute atomic E-state index is 12.1. The van der Waals surface area contributed by atoms with Crippen LogP contribution in [0.15, 0.2) is 0 Å². The van der Waals surface area contributed by atoms with E-state index in [4.69, 9.17) is 5.73 Å². The molecule has 0 aromatic heterocycles. The average Bonchev–Trinajstić information content (AvgIpc) is 2.77. The standard InChI is InChI=1S/C11H17N3O3/c12-6-5-8-9(15)13-11(17)14(10(8)16)7-3-1-2-4-7/h7-8H,1-6,12H2,(H,13,15,17). The van der Waals surface area contributed by atoms with Gasteiger partial charge in [-0.3, -0.25) is 19.8 Å². The Morgan fingerprint density at radius 1 is 1.24 bits per heavy atom. The summed E-state index contributed by atoms with van der Waals surface area (Å²) in [5, 5.41) is 2.24. The number of amides is 4. The molecular weight excluding hydrogens is 222 g/mol. The van der Waals surface area contributed by atoms with Gasteiger partial charge < -0.3 is 5.73 Å². The molecule has 1 unspecified atom stereocenters. The van der Waals surface area contributed by atoms with Gasteiger partial charge >= 0.3 is 6.03 Å². The van der Waals surface area contributed by atoms with E-state index in [0.717, 1.165) is 25.7 Å². The van der Waals surface area contributed by atoms with E-state index in [9.17, 15) is 14.4 Å². The summed E-state index contributed by atoms with van der Waals surface area (Å²) in [7, 11) is 0. The summed E-state index contributed by atoms with van der Waals surface area (Å²) in [6.07, 6.45) is 4.01. The van der Waals surface area contributed by atoms with Gasteiger partial charge in [0.15, 0.2) is 0 Å². The molecule has 1 aliphatic carbocycles. The van der Waals surface area contributed by atoms with Crippen molar-refractivity contribution >= 4 is 17.8 Å². The van der Waals surface area contributed by atoms with Gasteiger partial charge in [-0.15, -0.1) is 0 Å². The number of imide groups is 2. The first-order valence-electron chi connectivity index (χ1n) is 6.03. The molecule has 94 valence electrons. The molecule has 2 aliphatic rings. The summed E-state index contributed by atoms with van der Waals surface area (Å²) >= 11 is 0. The van der Waals surface area contributed by atoms with Crippen LogP contribution in [0, 0.1) is 5.92 Å². The summed E-state index contributed by atoms with van der Waals surface area (Å²) < 4.78 is 0. The number of hydrogen-bond donors (Lipinski definition) is 2. The Hall–Kier alpha value is -1.43. The average molecular weight is 239 g/mol. The van der Waals surface area contributed by atoms with Gasteiger partial charge in [0.2, 0.25) is 11.8 Å². The smallest absolute Gasteiger partial charge is 0.330 e. The predicted molar refractivity (Wildman–Crippen MR) is 59.8 cm³/mol. The largest absolute Gasteiger partial charge is 0.331 e. The van der Waals surface area contributed by atoms with Crippen molar-refractivity contribution in [3.63, 3.8) is 0 Å². The fourth-order valence-electron chi connectivity index (χ4n) is 2.56. The van der Waals surface area contributed by atoms with Crippen molar-refractivity contribution in [2.24, 2.45) is 11.7 Å². The van der Waals surface area contributed by atoms with Crippen LogP contribution in [0.4, 0.5) is 4.79 Å². The van der Waals surface area contributed by atoms with E-state index >= 15 is 0 Å². The minimum absolute atomic E-state index is 0.0455. The Kier molecular flexibility index (Phi) is 3.42. The van der Waals surface area contributed by atoms with Gasteiger partial charge in [-0.1, -0.05) is 12.8 Å². The van der Waals surface area contributed by atoms with Crippen molar-refractivity contribution in [2.45, 2.75) is 38.1 Å². The first-order chi connectivity index (χ1) is 8.15. The van der Waals surface area contributed by atoms with E-state index in [1.807, 2.05) is 0 Å². The van der Waals surface area contributed by atoms with E-state index in [1.165, 1.54) is 4.90 Å². The highest BCUT2D eigenvalue weighted by Gasteiger charge is 2.43. The van der Waals surface area contributed by atoms with E-state index in [1.54, 1.807) is 0 Å². The normalized spacial score (nSPS) is 26.5. The molecule has 17 heavy (non-hydrogen) atoms. The number of nitrogens with zero attached hydrogens (tertiary/aromatic N) is 1. The molecule has 0 bridgehead atoms. The van der Waals surface area contributed by atoms with Crippen LogP contribution >= 0.6 is 0 Å². The molecule has 1 saturated heterocycles. The molecule has 0 spiro atoms. The molecule has 3 N–H and O–H groups in total. The lowest BCUT2D eigenvalue weighted by Crippen LogP contribution is -2.60. The second-order valence-electron chi connectivity index (χ2n) is 4.57. The highest BCUT2D eigenvalue weighted by atomic mass is 16.2. The number of hydrogen-bond acceptors (Lipinski definition) is 4. The predicted octanol–water partition coefficient (Wildman–Crippen LogP) is -0.0276. The summed E-state index contributed by atoms with van der Waals surface area (Å²) in [6.45, 7) is 0.260. The molecule has 1 aliphatic heterocycles. The second kappa shape index (κ2) is 4.83. The number of urea groups is 1. The first-order valence-corrected chi connectivity index (χ1v) is 6.03. The highest BCUT2D eigenvalue weighted by molar-refractivity contribution is 6.16. The van der Waals surface area contributed by atoms with E-state index in [-0.39, 0.29) is 18.5 Å². The van der Waals surface area contributed by atoms with Crippen LogP contribution in [0.3, 0.4) is 0 Å². The fraction of sp³-hybridized carbons (Fsp3) is 0.727. The first kappa shape index (κ1) is 12.0. The zero-order valence-electron chi connectivity index (χ0n) is 9.65. The summed E-state index contributed by atoms with van der Waals surface area (Å²) in [5.41, 5.74) is 5.38. The molecule has 1 atom stereocenters. The zero-order valence-corrected chi connectivity index (χ0v) is 9.65. The quantitative estimate of drug-likeness (QED) is 0.676. The molecule has 1 saturated carbocycles. The third-order valence-electron chi connectivity index (χ3n) is 3.45. The molecular formula is C11H17N3O3. The topological polar surface area (TPSA) is 92.5 Å². The second-order valence-corrected chi connectivity index (χ2v) is 4.57. The van der Waals surface area contributed by atoms with Crippen LogP contribution in [0.5, 0.6) is 0 Å². The van der Waals surface area contributed by atoms with Crippen molar-refractivity contribution in [3.8, 4) is 0 Å². The SMILES string of the molecule is NCCC1C(=O)NC(=O)N(C2CCCC2)C1=O. The molecule has 2 rings (SSSR count). The van der Waals surface area contributed by atoms with Gasteiger partial charge in [0.25, 0.3) is 0 Å². The van der Waals surface area contributed by atoms with Crippen LogP contribution in [-0.4, -0.2) is 35.3 Å². The Balaban J connectivity index is 2.16. The van der Waals surface area contributed by atoms with Crippen molar-refractivity contribution in [2.75, 3.05) is 6.54 Å². The molecule has 1 heterocycles. The van der Waals surface area contributed by atoms with Crippen molar-refractivity contribution in [1.29, 1.82) is 0 Å². The van der Waals surface area contributed by atoms with Crippen LogP contribution < -0.4 is 11.1 Å². The molecule has 4 amide bonds. The summed E-state index contributed by atoms with van der Waals surface area (Å²) in [6, 6.07) is -0.615.